The zero-order valence-electron chi connectivity index (χ0n) is 10.2. The van der Waals surface area contributed by atoms with E-state index in [0.29, 0.717) is 16.5 Å². The highest BCUT2D eigenvalue weighted by Crippen LogP contribution is 2.37. The number of para-hydroxylation sites is 1. The van der Waals surface area contributed by atoms with Crippen molar-refractivity contribution in [1.82, 2.24) is 0 Å². The van der Waals surface area contributed by atoms with Crippen LogP contribution in [-0.2, 0) is 0 Å². The minimum absolute atomic E-state index is 0.119. The fourth-order valence-electron chi connectivity index (χ4n) is 2.90. The van der Waals surface area contributed by atoms with Gasteiger partial charge in [0.1, 0.15) is 11.3 Å². The van der Waals surface area contributed by atoms with Crippen molar-refractivity contribution in [2.24, 2.45) is 0 Å². The van der Waals surface area contributed by atoms with Gasteiger partial charge < -0.3 is 9.52 Å². The fourth-order valence-corrected chi connectivity index (χ4v) is 2.90. The van der Waals surface area contributed by atoms with E-state index in [-0.39, 0.29) is 17.3 Å². The molecule has 0 amide bonds. The van der Waals surface area contributed by atoms with Crippen LogP contribution in [0.15, 0.2) is 33.5 Å². The minimum Gasteiger partial charge on any atom is -0.507 e. The third kappa shape index (κ3) is 1.80. The normalized spacial score (nSPS) is 17.1. The summed E-state index contributed by atoms with van der Waals surface area (Å²) in [5.41, 5.74) is 0.561. The molecular weight excluding hydrogens is 228 g/mol. The van der Waals surface area contributed by atoms with Gasteiger partial charge in [-0.05, 0) is 30.9 Å². The van der Waals surface area contributed by atoms with Crippen molar-refractivity contribution in [1.29, 1.82) is 0 Å². The van der Waals surface area contributed by atoms with Crippen LogP contribution in [0.1, 0.15) is 43.6 Å². The Morgan fingerprint density at radius 2 is 1.83 bits per heavy atom. The first-order valence-electron chi connectivity index (χ1n) is 6.52. The largest absolute Gasteiger partial charge is 0.507 e. The Kier molecular flexibility index (Phi) is 2.82. The number of hydrogen-bond donors (Lipinski definition) is 1. The van der Waals surface area contributed by atoms with Gasteiger partial charge in [-0.1, -0.05) is 31.4 Å². The predicted octanol–water partition coefficient (Wildman–Crippen LogP) is 3.55. The molecule has 3 rings (SSSR count). The van der Waals surface area contributed by atoms with E-state index in [4.69, 9.17) is 4.42 Å². The van der Waals surface area contributed by atoms with E-state index >= 15 is 0 Å². The van der Waals surface area contributed by atoms with Crippen LogP contribution in [-0.4, -0.2) is 5.11 Å². The van der Waals surface area contributed by atoms with E-state index in [2.05, 4.69) is 0 Å². The number of fused-ring (bicyclic) bond motifs is 1. The quantitative estimate of drug-likeness (QED) is 0.780. The molecule has 0 atom stereocenters. The minimum atomic E-state index is -0.377. The molecule has 1 N–H and O–H groups in total. The molecule has 0 saturated heterocycles. The summed E-state index contributed by atoms with van der Waals surface area (Å²) in [6.07, 6.45) is 5.40. The third-order valence-corrected chi connectivity index (χ3v) is 3.83. The summed E-state index contributed by atoms with van der Waals surface area (Å²) in [6.45, 7) is 0. The van der Waals surface area contributed by atoms with Crippen LogP contribution < -0.4 is 5.63 Å². The molecule has 1 aliphatic rings. The Bertz CT molecular complexity index is 621. The monoisotopic (exact) mass is 244 g/mol. The summed E-state index contributed by atoms with van der Waals surface area (Å²) >= 11 is 0. The second-order valence-electron chi connectivity index (χ2n) is 4.98. The van der Waals surface area contributed by atoms with Gasteiger partial charge in [0.15, 0.2) is 0 Å². The average molecular weight is 244 g/mol. The van der Waals surface area contributed by atoms with Gasteiger partial charge in [0.2, 0.25) is 0 Å². The van der Waals surface area contributed by atoms with Crippen molar-refractivity contribution in [2.75, 3.05) is 0 Å². The van der Waals surface area contributed by atoms with Gasteiger partial charge in [0.25, 0.3) is 0 Å². The molecule has 1 aromatic heterocycles. The summed E-state index contributed by atoms with van der Waals surface area (Å²) in [5, 5.41) is 11.0. The first kappa shape index (κ1) is 11.3. The SMILES string of the molecule is O=c1oc2ccccc2c(O)c1C1CCCCC1. The molecule has 1 aromatic carbocycles. The van der Waals surface area contributed by atoms with E-state index in [1.54, 1.807) is 18.2 Å². The van der Waals surface area contributed by atoms with Crippen LogP contribution in [0.5, 0.6) is 5.75 Å². The maximum atomic E-state index is 12.0. The molecule has 0 radical (unpaired) electrons. The maximum absolute atomic E-state index is 12.0. The summed E-state index contributed by atoms with van der Waals surface area (Å²) in [5.74, 6) is 0.272. The van der Waals surface area contributed by atoms with Crippen molar-refractivity contribution in [2.45, 2.75) is 38.0 Å². The number of rotatable bonds is 1. The van der Waals surface area contributed by atoms with Crippen LogP contribution in [0.25, 0.3) is 11.0 Å². The fraction of sp³-hybridized carbons (Fsp3) is 0.400. The number of aromatic hydroxyl groups is 1. The molecule has 1 heterocycles. The molecule has 1 aliphatic carbocycles. The van der Waals surface area contributed by atoms with Crippen LogP contribution in [0.3, 0.4) is 0 Å². The van der Waals surface area contributed by atoms with Crippen LogP contribution in [0.4, 0.5) is 0 Å². The summed E-state index contributed by atoms with van der Waals surface area (Å²) in [6, 6.07) is 7.14. The molecule has 1 saturated carbocycles. The Balaban J connectivity index is 2.19. The zero-order valence-corrected chi connectivity index (χ0v) is 10.2. The van der Waals surface area contributed by atoms with E-state index in [0.717, 1.165) is 25.7 Å². The molecule has 0 spiro atoms. The van der Waals surface area contributed by atoms with Gasteiger partial charge in [-0.3, -0.25) is 0 Å². The van der Waals surface area contributed by atoms with Crippen molar-refractivity contribution in [3.8, 4) is 5.75 Å². The first-order valence-corrected chi connectivity index (χ1v) is 6.52. The highest BCUT2D eigenvalue weighted by atomic mass is 16.4. The average Bonchev–Trinajstić information content (AvgIpc) is 2.40. The molecule has 0 unspecified atom stereocenters. The lowest BCUT2D eigenvalue weighted by atomic mass is 9.84. The van der Waals surface area contributed by atoms with Gasteiger partial charge >= 0.3 is 5.63 Å². The van der Waals surface area contributed by atoms with Crippen molar-refractivity contribution >= 4 is 11.0 Å². The lowest BCUT2D eigenvalue weighted by Crippen LogP contribution is -2.15. The van der Waals surface area contributed by atoms with Crippen LogP contribution >= 0.6 is 0 Å². The molecule has 0 bridgehead atoms. The van der Waals surface area contributed by atoms with Crippen molar-refractivity contribution in [3.63, 3.8) is 0 Å². The van der Waals surface area contributed by atoms with Crippen molar-refractivity contribution < 1.29 is 9.52 Å². The van der Waals surface area contributed by atoms with Crippen LogP contribution in [0.2, 0.25) is 0 Å². The molecular formula is C15H16O3. The standard InChI is InChI=1S/C15H16O3/c16-14-11-8-4-5-9-12(11)18-15(17)13(14)10-6-2-1-3-7-10/h4-5,8-10,16H,1-3,6-7H2. The molecule has 18 heavy (non-hydrogen) atoms. The second kappa shape index (κ2) is 4.48. The van der Waals surface area contributed by atoms with E-state index < -0.39 is 0 Å². The molecule has 3 heteroatoms. The Hall–Kier alpha value is -1.77. The number of benzene rings is 1. The van der Waals surface area contributed by atoms with E-state index in [1.165, 1.54) is 6.42 Å². The Labute approximate surface area is 105 Å². The molecule has 1 fully saturated rings. The van der Waals surface area contributed by atoms with Gasteiger partial charge in [0, 0.05) is 0 Å². The lowest BCUT2D eigenvalue weighted by Gasteiger charge is -2.21. The summed E-state index contributed by atoms with van der Waals surface area (Å²) < 4.78 is 5.31. The highest BCUT2D eigenvalue weighted by molar-refractivity contribution is 5.84. The number of hydrogen-bond acceptors (Lipinski definition) is 3. The Morgan fingerprint density at radius 1 is 1.11 bits per heavy atom. The van der Waals surface area contributed by atoms with Gasteiger partial charge in [-0.25, -0.2) is 4.79 Å². The van der Waals surface area contributed by atoms with E-state index in [9.17, 15) is 9.90 Å². The Morgan fingerprint density at radius 3 is 2.61 bits per heavy atom. The van der Waals surface area contributed by atoms with Gasteiger partial charge in [-0.15, -0.1) is 0 Å². The highest BCUT2D eigenvalue weighted by Gasteiger charge is 2.24. The van der Waals surface area contributed by atoms with Gasteiger partial charge in [-0.2, -0.15) is 0 Å². The first-order chi connectivity index (χ1) is 8.77. The van der Waals surface area contributed by atoms with Crippen molar-refractivity contribution in [3.05, 3.63) is 40.2 Å². The summed E-state index contributed by atoms with van der Waals surface area (Å²) in [7, 11) is 0. The third-order valence-electron chi connectivity index (χ3n) is 3.83. The molecule has 3 nitrogen and oxygen atoms in total. The topological polar surface area (TPSA) is 50.4 Å². The molecule has 0 aliphatic heterocycles. The zero-order chi connectivity index (χ0) is 12.5. The molecule has 2 aromatic rings. The smallest absolute Gasteiger partial charge is 0.343 e. The maximum Gasteiger partial charge on any atom is 0.343 e. The molecule has 94 valence electrons. The predicted molar refractivity (Wildman–Crippen MR) is 70.0 cm³/mol. The lowest BCUT2D eigenvalue weighted by molar-refractivity contribution is 0.398. The summed E-state index contributed by atoms with van der Waals surface area (Å²) in [4.78, 5) is 12.0. The van der Waals surface area contributed by atoms with E-state index in [1.807, 2.05) is 6.07 Å². The second-order valence-corrected chi connectivity index (χ2v) is 4.98. The van der Waals surface area contributed by atoms with Crippen LogP contribution in [0, 0.1) is 0 Å². The van der Waals surface area contributed by atoms with Gasteiger partial charge in [0.05, 0.1) is 10.9 Å².